The minimum atomic E-state index is -0.864. The van der Waals surface area contributed by atoms with Gasteiger partial charge in [0, 0.05) is 12.8 Å². The number of unbranched alkanes of at least 4 members (excludes halogenated alkanes) is 1. The van der Waals surface area contributed by atoms with Crippen molar-refractivity contribution in [2.24, 2.45) is 23.0 Å². The lowest BCUT2D eigenvalue weighted by Crippen LogP contribution is -2.45. The van der Waals surface area contributed by atoms with Gasteiger partial charge in [-0.2, -0.15) is 0 Å². The first-order valence-corrected chi connectivity index (χ1v) is 15.7. The zero-order valence-electron chi connectivity index (χ0n) is 25.9. The molecular weight excluding hydrogens is 562 g/mol. The molecule has 5 N–H and O–H groups in total. The van der Waals surface area contributed by atoms with E-state index in [4.69, 9.17) is 19.9 Å². The fourth-order valence-corrected chi connectivity index (χ4v) is 8.09. The number of carbonyl (C=O) groups is 3. The Hall–Kier alpha value is -3.79. The van der Waals surface area contributed by atoms with E-state index < -0.39 is 11.7 Å². The SMILES string of the molecule is COc1ccc2c(c1)CCC1C2CCC2(C)C(OCNC(=O)CCCCC(=O)Nc3ccc(OC)c(C(N)=O)c3O)CCC12. The molecule has 2 fully saturated rings. The molecule has 0 bridgehead atoms. The van der Waals surface area contributed by atoms with E-state index in [0.29, 0.717) is 30.6 Å². The molecule has 238 valence electrons. The minimum Gasteiger partial charge on any atom is -0.505 e. The molecule has 2 aromatic carbocycles. The largest absolute Gasteiger partial charge is 0.505 e. The summed E-state index contributed by atoms with van der Waals surface area (Å²) in [6, 6.07) is 9.49. The van der Waals surface area contributed by atoms with Gasteiger partial charge < -0.3 is 35.7 Å². The number of carbonyl (C=O) groups excluding carboxylic acids is 3. The van der Waals surface area contributed by atoms with Crippen LogP contribution in [0, 0.1) is 17.3 Å². The Bertz CT molecular complexity index is 1400. The van der Waals surface area contributed by atoms with E-state index in [9.17, 15) is 19.5 Å². The number of rotatable bonds is 12. The fourth-order valence-electron chi connectivity index (χ4n) is 8.09. The number of fused-ring (bicyclic) bond motifs is 5. The van der Waals surface area contributed by atoms with Crippen molar-refractivity contribution < 1.29 is 33.7 Å². The van der Waals surface area contributed by atoms with E-state index in [1.54, 1.807) is 7.11 Å². The van der Waals surface area contributed by atoms with Crippen LogP contribution in [0.3, 0.4) is 0 Å². The van der Waals surface area contributed by atoms with E-state index >= 15 is 0 Å². The summed E-state index contributed by atoms with van der Waals surface area (Å²) < 4.78 is 16.8. The van der Waals surface area contributed by atoms with Gasteiger partial charge >= 0.3 is 0 Å². The summed E-state index contributed by atoms with van der Waals surface area (Å²) >= 11 is 0. The predicted molar refractivity (Wildman–Crippen MR) is 166 cm³/mol. The standard InChI is InChI=1S/C34H45N3O7/c1-34-17-16-23-22-11-9-21(42-2)18-20(22)8-10-24(23)25(34)12-15-28(34)44-19-36-29(38)6-4-5-7-30(39)37-26-13-14-27(43-3)31(32(26)40)33(35)41/h9,11,13-14,18,23-25,28,40H,4-8,10,12,15-17,19H2,1-3H3,(H2,35,41)(H,36,38)(H,37,39). The van der Waals surface area contributed by atoms with Crippen LogP contribution in [0.5, 0.6) is 17.2 Å². The van der Waals surface area contributed by atoms with Crippen LogP contribution in [0.1, 0.15) is 92.1 Å². The molecule has 0 aliphatic heterocycles. The lowest BCUT2D eigenvalue weighted by molar-refractivity contribution is -0.126. The summed E-state index contributed by atoms with van der Waals surface area (Å²) in [5, 5.41) is 15.8. The molecule has 44 heavy (non-hydrogen) atoms. The molecule has 0 heterocycles. The number of nitrogens with one attached hydrogen (secondary N) is 2. The lowest BCUT2D eigenvalue weighted by atomic mass is 9.55. The number of amides is 3. The number of primary amides is 1. The van der Waals surface area contributed by atoms with Crippen LogP contribution in [0.25, 0.3) is 0 Å². The first-order valence-electron chi connectivity index (χ1n) is 15.7. The van der Waals surface area contributed by atoms with Gasteiger partial charge in [0.1, 0.15) is 23.8 Å². The van der Waals surface area contributed by atoms with Crippen molar-refractivity contribution in [2.45, 2.75) is 83.2 Å². The molecule has 3 aliphatic carbocycles. The van der Waals surface area contributed by atoms with Crippen LogP contribution in [0.2, 0.25) is 0 Å². The molecule has 10 nitrogen and oxygen atoms in total. The molecule has 0 radical (unpaired) electrons. The smallest absolute Gasteiger partial charge is 0.256 e. The number of hydrogen-bond donors (Lipinski definition) is 4. The summed E-state index contributed by atoms with van der Waals surface area (Å²) in [4.78, 5) is 36.5. The van der Waals surface area contributed by atoms with Crippen LogP contribution in [-0.4, -0.2) is 49.9 Å². The van der Waals surface area contributed by atoms with Crippen molar-refractivity contribution in [3.8, 4) is 17.2 Å². The second-order valence-corrected chi connectivity index (χ2v) is 12.7. The van der Waals surface area contributed by atoms with Crippen molar-refractivity contribution in [3.63, 3.8) is 0 Å². The zero-order valence-corrected chi connectivity index (χ0v) is 25.9. The molecule has 5 unspecified atom stereocenters. The molecule has 0 spiro atoms. The third kappa shape index (κ3) is 6.36. The number of methoxy groups -OCH3 is 2. The van der Waals surface area contributed by atoms with Gasteiger partial charge in [0.05, 0.1) is 26.0 Å². The number of hydrogen-bond acceptors (Lipinski definition) is 7. The Morgan fingerprint density at radius 1 is 1.00 bits per heavy atom. The van der Waals surface area contributed by atoms with Gasteiger partial charge in [-0.05, 0) is 110 Å². The summed E-state index contributed by atoms with van der Waals surface area (Å²) in [6.07, 6.45) is 8.39. The fraction of sp³-hybridized carbons (Fsp3) is 0.559. The number of nitrogens with two attached hydrogens (primary N) is 1. The summed E-state index contributed by atoms with van der Waals surface area (Å²) in [5.74, 6) is 1.22. The Kier molecular flexibility index (Phi) is 9.68. The van der Waals surface area contributed by atoms with Crippen LogP contribution >= 0.6 is 0 Å². The highest BCUT2D eigenvalue weighted by Crippen LogP contribution is 2.61. The van der Waals surface area contributed by atoms with Crippen LogP contribution in [-0.2, 0) is 20.7 Å². The van der Waals surface area contributed by atoms with Gasteiger partial charge in [-0.1, -0.05) is 13.0 Å². The average molecular weight is 608 g/mol. The second-order valence-electron chi connectivity index (χ2n) is 12.7. The first kappa shape index (κ1) is 31.6. The van der Waals surface area contributed by atoms with Gasteiger partial charge in [-0.15, -0.1) is 0 Å². The highest BCUT2D eigenvalue weighted by Gasteiger charge is 2.55. The summed E-state index contributed by atoms with van der Waals surface area (Å²) in [5.41, 5.74) is 8.28. The van der Waals surface area contributed by atoms with Crippen LogP contribution < -0.4 is 25.8 Å². The number of phenols is 1. The molecule has 10 heteroatoms. The van der Waals surface area contributed by atoms with Gasteiger partial charge in [0.25, 0.3) is 5.91 Å². The molecular formula is C34H45N3O7. The van der Waals surface area contributed by atoms with E-state index in [-0.39, 0.29) is 59.9 Å². The number of anilines is 1. The quantitative estimate of drug-likeness (QED) is 0.150. The van der Waals surface area contributed by atoms with Crippen LogP contribution in [0.4, 0.5) is 5.69 Å². The Morgan fingerprint density at radius 2 is 1.77 bits per heavy atom. The van der Waals surface area contributed by atoms with Crippen molar-refractivity contribution in [1.29, 1.82) is 0 Å². The maximum absolute atomic E-state index is 12.5. The molecule has 3 amide bonds. The molecule has 2 saturated carbocycles. The highest BCUT2D eigenvalue weighted by atomic mass is 16.5. The van der Waals surface area contributed by atoms with Crippen molar-refractivity contribution >= 4 is 23.4 Å². The second kappa shape index (κ2) is 13.5. The van der Waals surface area contributed by atoms with Gasteiger partial charge in [0.2, 0.25) is 11.8 Å². The summed E-state index contributed by atoms with van der Waals surface area (Å²) in [6.45, 7) is 2.59. The first-order chi connectivity index (χ1) is 21.2. The number of aryl methyl sites for hydroxylation is 1. The third-order valence-electron chi connectivity index (χ3n) is 10.3. The number of aromatic hydroxyl groups is 1. The Labute approximate surface area is 259 Å². The van der Waals surface area contributed by atoms with Gasteiger partial charge in [0.15, 0.2) is 5.75 Å². The topological polar surface area (TPSA) is 149 Å². The number of benzene rings is 2. The molecule has 0 aromatic heterocycles. The van der Waals surface area contributed by atoms with Crippen molar-refractivity contribution in [1.82, 2.24) is 5.32 Å². The maximum Gasteiger partial charge on any atom is 0.256 e. The normalized spacial score (nSPS) is 25.2. The Morgan fingerprint density at radius 3 is 2.50 bits per heavy atom. The molecule has 5 rings (SSSR count). The third-order valence-corrected chi connectivity index (χ3v) is 10.3. The van der Waals surface area contributed by atoms with E-state index in [1.807, 2.05) is 0 Å². The monoisotopic (exact) mass is 607 g/mol. The predicted octanol–water partition coefficient (Wildman–Crippen LogP) is 5.02. The van der Waals surface area contributed by atoms with Crippen molar-refractivity contribution in [3.05, 3.63) is 47.0 Å². The van der Waals surface area contributed by atoms with E-state index in [0.717, 1.165) is 25.0 Å². The highest BCUT2D eigenvalue weighted by molar-refractivity contribution is 6.02. The maximum atomic E-state index is 12.5. The molecule has 2 aromatic rings. The van der Waals surface area contributed by atoms with Gasteiger partial charge in [-0.25, -0.2) is 0 Å². The van der Waals surface area contributed by atoms with Gasteiger partial charge in [-0.3, -0.25) is 14.4 Å². The number of ether oxygens (including phenoxy) is 3. The van der Waals surface area contributed by atoms with E-state index in [2.05, 4.69) is 35.8 Å². The molecule has 0 saturated heterocycles. The summed E-state index contributed by atoms with van der Waals surface area (Å²) in [7, 11) is 3.08. The molecule has 3 aliphatic rings. The molecule has 5 atom stereocenters. The minimum absolute atomic E-state index is 0.0739. The Balaban J connectivity index is 1.03. The van der Waals surface area contributed by atoms with Crippen molar-refractivity contribution in [2.75, 3.05) is 26.3 Å². The van der Waals surface area contributed by atoms with E-state index in [1.165, 1.54) is 49.6 Å². The lowest BCUT2D eigenvalue weighted by Gasteiger charge is -2.50. The zero-order chi connectivity index (χ0) is 31.4. The average Bonchev–Trinajstić information content (AvgIpc) is 3.35. The van der Waals surface area contributed by atoms with Crippen LogP contribution in [0.15, 0.2) is 30.3 Å².